The normalized spacial score (nSPS) is 10.2. The summed E-state index contributed by atoms with van der Waals surface area (Å²) in [5.74, 6) is 6.61. The third-order valence-corrected chi connectivity index (χ3v) is 1.72. The molecule has 6 heteroatoms. The van der Waals surface area contributed by atoms with Crippen molar-refractivity contribution in [1.82, 2.24) is 5.16 Å². The molecule has 1 heterocycles. The van der Waals surface area contributed by atoms with E-state index in [1.165, 1.54) is 12.1 Å². The molecule has 1 rings (SSSR count). The molecule has 1 aromatic rings. The van der Waals surface area contributed by atoms with E-state index in [1.54, 1.807) is 13.2 Å². The minimum absolute atomic E-state index is 0.349. The molecular weight excluding hydrogens is 186 g/mol. The Balaban J connectivity index is 2.39. The van der Waals surface area contributed by atoms with E-state index in [0.29, 0.717) is 24.9 Å². The minimum Gasteiger partial charge on any atom is -0.467 e. The van der Waals surface area contributed by atoms with Crippen LogP contribution in [0, 0.1) is 0 Å². The number of anilines is 1. The smallest absolute Gasteiger partial charge is 0.313 e. The van der Waals surface area contributed by atoms with Crippen LogP contribution in [0.25, 0.3) is 0 Å². The fraction of sp³-hybridized carbons (Fsp3) is 0.625. The maximum absolute atomic E-state index is 5.70. The average Bonchev–Trinajstić information content (AvgIpc) is 2.66. The molecule has 0 saturated carbocycles. The number of ether oxygens (including phenoxy) is 2. The second-order valence-electron chi connectivity index (χ2n) is 2.75. The molecule has 0 aliphatic rings. The van der Waals surface area contributed by atoms with Crippen LogP contribution in [0.3, 0.4) is 0 Å². The summed E-state index contributed by atoms with van der Waals surface area (Å²) in [7, 11) is 3.16. The third-order valence-electron chi connectivity index (χ3n) is 1.72. The molecule has 1 aromatic heterocycles. The first kappa shape index (κ1) is 10.8. The standard InChI is InChI=1S/C8H15N3O3/c1-12-5-3-4-11(9)7-6-8(13-2)14-10-7/h6H,3-5,9H2,1-2H3. The van der Waals surface area contributed by atoms with Crippen molar-refractivity contribution in [3.8, 4) is 5.95 Å². The van der Waals surface area contributed by atoms with E-state index in [2.05, 4.69) is 5.16 Å². The second-order valence-corrected chi connectivity index (χ2v) is 2.75. The van der Waals surface area contributed by atoms with Crippen LogP contribution in [0.15, 0.2) is 10.6 Å². The summed E-state index contributed by atoms with van der Waals surface area (Å²) in [5, 5.41) is 5.22. The van der Waals surface area contributed by atoms with Crippen molar-refractivity contribution < 1.29 is 14.0 Å². The lowest BCUT2D eigenvalue weighted by atomic mass is 10.4. The Bertz CT molecular complexity index is 264. The van der Waals surface area contributed by atoms with Gasteiger partial charge in [0.1, 0.15) is 0 Å². The fourth-order valence-corrected chi connectivity index (χ4v) is 0.975. The number of rotatable bonds is 6. The molecule has 80 valence electrons. The predicted octanol–water partition coefficient (Wildman–Crippen LogP) is 0.400. The van der Waals surface area contributed by atoms with E-state index in [9.17, 15) is 0 Å². The summed E-state index contributed by atoms with van der Waals surface area (Å²) in [4.78, 5) is 0. The lowest BCUT2D eigenvalue weighted by Gasteiger charge is -2.13. The molecule has 6 nitrogen and oxygen atoms in total. The summed E-state index contributed by atoms with van der Waals surface area (Å²) in [5.41, 5.74) is 0. The Morgan fingerprint density at radius 2 is 2.36 bits per heavy atom. The van der Waals surface area contributed by atoms with Crippen LogP contribution in [0.4, 0.5) is 5.82 Å². The first-order chi connectivity index (χ1) is 6.77. The van der Waals surface area contributed by atoms with Gasteiger partial charge in [-0.05, 0) is 6.42 Å². The van der Waals surface area contributed by atoms with Crippen molar-refractivity contribution >= 4 is 5.82 Å². The van der Waals surface area contributed by atoms with Gasteiger partial charge >= 0.3 is 5.95 Å². The summed E-state index contributed by atoms with van der Waals surface area (Å²) in [6.45, 7) is 1.33. The van der Waals surface area contributed by atoms with Gasteiger partial charge in [-0.1, -0.05) is 5.16 Å². The number of hydrazine groups is 1. The number of nitrogens with zero attached hydrogens (tertiary/aromatic N) is 2. The van der Waals surface area contributed by atoms with E-state index < -0.39 is 0 Å². The Kier molecular flexibility index (Phi) is 4.21. The number of nitrogens with two attached hydrogens (primary N) is 1. The van der Waals surface area contributed by atoms with Gasteiger partial charge in [0.2, 0.25) is 0 Å². The maximum atomic E-state index is 5.70. The number of hydrogen-bond acceptors (Lipinski definition) is 6. The summed E-state index contributed by atoms with van der Waals surface area (Å²) in [6, 6.07) is 1.63. The molecule has 0 aliphatic heterocycles. The molecule has 0 spiro atoms. The van der Waals surface area contributed by atoms with Crippen molar-refractivity contribution in [2.45, 2.75) is 6.42 Å². The molecule has 0 aliphatic carbocycles. The van der Waals surface area contributed by atoms with Gasteiger partial charge in [-0.3, -0.25) is 5.01 Å². The van der Waals surface area contributed by atoms with Crippen LogP contribution in [0.2, 0.25) is 0 Å². The van der Waals surface area contributed by atoms with Crippen molar-refractivity contribution in [2.24, 2.45) is 5.84 Å². The monoisotopic (exact) mass is 201 g/mol. The van der Waals surface area contributed by atoms with Crippen LogP contribution in [0.5, 0.6) is 5.95 Å². The topological polar surface area (TPSA) is 73.8 Å². The predicted molar refractivity (Wildman–Crippen MR) is 51.1 cm³/mol. The molecular formula is C8H15N3O3. The van der Waals surface area contributed by atoms with Crippen LogP contribution < -0.4 is 15.6 Å². The number of methoxy groups -OCH3 is 2. The molecule has 0 atom stereocenters. The summed E-state index contributed by atoms with van der Waals surface area (Å²) >= 11 is 0. The molecule has 0 amide bonds. The zero-order chi connectivity index (χ0) is 10.4. The van der Waals surface area contributed by atoms with Gasteiger partial charge in [0.15, 0.2) is 5.82 Å². The Morgan fingerprint density at radius 3 is 2.93 bits per heavy atom. The average molecular weight is 201 g/mol. The maximum Gasteiger partial charge on any atom is 0.313 e. The zero-order valence-corrected chi connectivity index (χ0v) is 8.40. The highest BCUT2D eigenvalue weighted by Crippen LogP contribution is 2.17. The van der Waals surface area contributed by atoms with Crippen LogP contribution in [-0.2, 0) is 4.74 Å². The molecule has 0 bridgehead atoms. The number of hydrogen-bond donors (Lipinski definition) is 1. The minimum atomic E-state index is 0.349. The van der Waals surface area contributed by atoms with Gasteiger partial charge in [0, 0.05) is 20.3 Å². The largest absolute Gasteiger partial charge is 0.467 e. The Labute approximate surface area is 82.5 Å². The van der Waals surface area contributed by atoms with E-state index in [4.69, 9.17) is 19.8 Å². The van der Waals surface area contributed by atoms with Crippen LogP contribution in [0.1, 0.15) is 6.42 Å². The van der Waals surface area contributed by atoms with Gasteiger partial charge in [-0.25, -0.2) is 5.84 Å². The van der Waals surface area contributed by atoms with Crippen molar-refractivity contribution in [1.29, 1.82) is 0 Å². The molecule has 14 heavy (non-hydrogen) atoms. The van der Waals surface area contributed by atoms with Crippen molar-refractivity contribution in [2.75, 3.05) is 32.4 Å². The Hall–Kier alpha value is -1.27. The lowest BCUT2D eigenvalue weighted by Crippen LogP contribution is -2.32. The van der Waals surface area contributed by atoms with Gasteiger partial charge in [-0.15, -0.1) is 0 Å². The third kappa shape index (κ3) is 2.90. The molecule has 0 radical (unpaired) electrons. The molecule has 0 aromatic carbocycles. The van der Waals surface area contributed by atoms with Crippen molar-refractivity contribution in [3.63, 3.8) is 0 Å². The van der Waals surface area contributed by atoms with Gasteiger partial charge in [0.25, 0.3) is 0 Å². The lowest BCUT2D eigenvalue weighted by molar-refractivity contribution is 0.196. The molecule has 0 unspecified atom stereocenters. The fourth-order valence-electron chi connectivity index (χ4n) is 0.975. The summed E-state index contributed by atoms with van der Waals surface area (Å²) in [6.07, 6.45) is 0.835. The SMILES string of the molecule is COCCCN(N)c1cc(OC)on1. The highest BCUT2D eigenvalue weighted by Gasteiger charge is 2.08. The highest BCUT2D eigenvalue weighted by molar-refractivity contribution is 5.37. The van der Waals surface area contributed by atoms with Crippen LogP contribution >= 0.6 is 0 Å². The molecule has 2 N–H and O–H groups in total. The first-order valence-corrected chi connectivity index (χ1v) is 4.29. The molecule has 0 fully saturated rings. The second kappa shape index (κ2) is 5.46. The van der Waals surface area contributed by atoms with E-state index in [1.807, 2.05) is 0 Å². The summed E-state index contributed by atoms with van der Waals surface area (Å²) < 4.78 is 14.6. The van der Waals surface area contributed by atoms with E-state index in [-0.39, 0.29) is 0 Å². The zero-order valence-electron chi connectivity index (χ0n) is 8.40. The van der Waals surface area contributed by atoms with Gasteiger partial charge in [-0.2, -0.15) is 0 Å². The quantitative estimate of drug-likeness (QED) is 0.408. The number of aromatic nitrogens is 1. The van der Waals surface area contributed by atoms with Crippen LogP contribution in [-0.4, -0.2) is 32.5 Å². The van der Waals surface area contributed by atoms with Gasteiger partial charge in [0.05, 0.1) is 13.2 Å². The van der Waals surface area contributed by atoms with E-state index >= 15 is 0 Å². The molecule has 0 saturated heterocycles. The van der Waals surface area contributed by atoms with Crippen molar-refractivity contribution in [3.05, 3.63) is 6.07 Å². The highest BCUT2D eigenvalue weighted by atomic mass is 16.6. The Morgan fingerprint density at radius 1 is 1.57 bits per heavy atom. The first-order valence-electron chi connectivity index (χ1n) is 4.29. The van der Waals surface area contributed by atoms with E-state index in [0.717, 1.165) is 6.42 Å². The van der Waals surface area contributed by atoms with Gasteiger partial charge < -0.3 is 14.0 Å².